The minimum absolute atomic E-state index is 0.0107. The Morgan fingerprint density at radius 3 is 2.63 bits per heavy atom. The summed E-state index contributed by atoms with van der Waals surface area (Å²) in [5.41, 5.74) is 1.39. The largest absolute Gasteiger partial charge is 0.326 e. The van der Waals surface area contributed by atoms with Crippen LogP contribution in [0.1, 0.15) is 26.2 Å². The van der Waals surface area contributed by atoms with E-state index in [2.05, 4.69) is 22.8 Å². The van der Waals surface area contributed by atoms with Crippen molar-refractivity contribution in [3.05, 3.63) is 36.4 Å². The lowest BCUT2D eigenvalue weighted by Gasteiger charge is -2.10. The van der Waals surface area contributed by atoms with Crippen molar-refractivity contribution >= 4 is 23.2 Å². The van der Waals surface area contributed by atoms with Crippen LogP contribution in [0.3, 0.4) is 0 Å². The molecule has 0 heterocycles. The first-order chi connectivity index (χ1) is 9.13. The first-order valence-corrected chi connectivity index (χ1v) is 6.47. The van der Waals surface area contributed by atoms with E-state index in [1.807, 2.05) is 6.07 Å². The van der Waals surface area contributed by atoms with Gasteiger partial charge in [-0.2, -0.15) is 0 Å². The summed E-state index contributed by atoms with van der Waals surface area (Å²) in [5, 5.41) is 5.55. The summed E-state index contributed by atoms with van der Waals surface area (Å²) in [6.45, 7) is 1.46. The van der Waals surface area contributed by atoms with Crippen LogP contribution in [0.4, 0.5) is 11.4 Å². The van der Waals surface area contributed by atoms with Crippen LogP contribution in [0.2, 0.25) is 0 Å². The van der Waals surface area contributed by atoms with Gasteiger partial charge in [-0.15, -0.1) is 0 Å². The zero-order valence-corrected chi connectivity index (χ0v) is 11.0. The molecule has 0 fully saturated rings. The first-order valence-electron chi connectivity index (χ1n) is 6.47. The van der Waals surface area contributed by atoms with E-state index in [9.17, 15) is 9.59 Å². The Morgan fingerprint density at radius 1 is 1.26 bits per heavy atom. The van der Waals surface area contributed by atoms with Gasteiger partial charge in [0.2, 0.25) is 11.8 Å². The van der Waals surface area contributed by atoms with Crippen LogP contribution in [0.5, 0.6) is 0 Å². The van der Waals surface area contributed by atoms with Crippen LogP contribution < -0.4 is 10.6 Å². The maximum absolute atomic E-state index is 11.9. The standard InChI is InChI=1S/C15H18N2O2/c1-11(18)16-13-7-4-8-14(10-13)17-15(19)9-12-5-2-3-6-12/h2,4-5,7-8,10,12H,3,6,9H2,1H3,(H,16,18)(H,17,19)/t12-/m0/s1. The van der Waals surface area contributed by atoms with Crippen molar-refractivity contribution < 1.29 is 9.59 Å². The Hall–Kier alpha value is -2.10. The summed E-state index contributed by atoms with van der Waals surface area (Å²) in [6.07, 6.45) is 6.86. The normalized spacial score (nSPS) is 17.2. The molecule has 100 valence electrons. The lowest BCUT2D eigenvalue weighted by Crippen LogP contribution is -2.15. The summed E-state index contributed by atoms with van der Waals surface area (Å²) in [6, 6.07) is 7.16. The van der Waals surface area contributed by atoms with Crippen molar-refractivity contribution in [2.75, 3.05) is 10.6 Å². The number of rotatable bonds is 4. The highest BCUT2D eigenvalue weighted by Crippen LogP contribution is 2.21. The minimum atomic E-state index is -0.125. The molecule has 4 heteroatoms. The number of nitrogens with one attached hydrogen (secondary N) is 2. The molecule has 4 nitrogen and oxygen atoms in total. The van der Waals surface area contributed by atoms with Gasteiger partial charge in [0, 0.05) is 24.7 Å². The zero-order valence-electron chi connectivity index (χ0n) is 11.0. The van der Waals surface area contributed by atoms with Crippen LogP contribution in [0, 0.1) is 5.92 Å². The molecule has 1 atom stereocenters. The molecule has 1 aromatic rings. The number of hydrogen-bond acceptors (Lipinski definition) is 2. The molecule has 0 saturated carbocycles. The van der Waals surface area contributed by atoms with Gasteiger partial charge in [-0.1, -0.05) is 18.2 Å². The van der Waals surface area contributed by atoms with Crippen molar-refractivity contribution in [1.29, 1.82) is 0 Å². The number of amides is 2. The maximum Gasteiger partial charge on any atom is 0.224 e. The highest BCUT2D eigenvalue weighted by molar-refractivity contribution is 5.93. The second-order valence-corrected chi connectivity index (χ2v) is 4.78. The number of allylic oxidation sites excluding steroid dienone is 2. The predicted octanol–water partition coefficient (Wildman–Crippen LogP) is 2.94. The van der Waals surface area contributed by atoms with E-state index in [1.165, 1.54) is 6.92 Å². The molecule has 1 aliphatic rings. The van der Waals surface area contributed by atoms with E-state index in [0.717, 1.165) is 12.8 Å². The van der Waals surface area contributed by atoms with E-state index in [-0.39, 0.29) is 11.8 Å². The lowest BCUT2D eigenvalue weighted by molar-refractivity contribution is -0.117. The predicted molar refractivity (Wildman–Crippen MR) is 75.9 cm³/mol. The van der Waals surface area contributed by atoms with E-state index >= 15 is 0 Å². The smallest absolute Gasteiger partial charge is 0.224 e. The Bertz CT molecular complexity index is 509. The molecule has 1 aromatic carbocycles. The summed E-state index contributed by atoms with van der Waals surface area (Å²) < 4.78 is 0. The van der Waals surface area contributed by atoms with E-state index in [4.69, 9.17) is 0 Å². The van der Waals surface area contributed by atoms with Crippen molar-refractivity contribution in [3.8, 4) is 0 Å². The molecule has 0 unspecified atom stereocenters. The highest BCUT2D eigenvalue weighted by Gasteiger charge is 2.14. The molecule has 19 heavy (non-hydrogen) atoms. The van der Waals surface area contributed by atoms with Gasteiger partial charge in [0.05, 0.1) is 0 Å². The minimum Gasteiger partial charge on any atom is -0.326 e. The van der Waals surface area contributed by atoms with Crippen molar-refractivity contribution in [2.45, 2.75) is 26.2 Å². The average molecular weight is 258 g/mol. The van der Waals surface area contributed by atoms with E-state index < -0.39 is 0 Å². The van der Waals surface area contributed by atoms with E-state index in [1.54, 1.807) is 18.2 Å². The number of carbonyl (C=O) groups excluding carboxylic acids is 2. The van der Waals surface area contributed by atoms with Gasteiger partial charge in [-0.05, 0) is 37.0 Å². The van der Waals surface area contributed by atoms with Crippen molar-refractivity contribution in [1.82, 2.24) is 0 Å². The van der Waals surface area contributed by atoms with Crippen LogP contribution in [0.25, 0.3) is 0 Å². The van der Waals surface area contributed by atoms with Gasteiger partial charge in [-0.25, -0.2) is 0 Å². The number of benzene rings is 1. The van der Waals surface area contributed by atoms with Crippen LogP contribution in [-0.4, -0.2) is 11.8 Å². The average Bonchev–Trinajstić information content (AvgIpc) is 2.81. The van der Waals surface area contributed by atoms with Gasteiger partial charge in [0.15, 0.2) is 0 Å². The Morgan fingerprint density at radius 2 is 2.00 bits per heavy atom. The van der Waals surface area contributed by atoms with Crippen molar-refractivity contribution in [3.63, 3.8) is 0 Å². The Balaban J connectivity index is 1.92. The Labute approximate surface area is 112 Å². The van der Waals surface area contributed by atoms with Gasteiger partial charge in [-0.3, -0.25) is 9.59 Å². The fraction of sp³-hybridized carbons (Fsp3) is 0.333. The topological polar surface area (TPSA) is 58.2 Å². The second kappa shape index (κ2) is 6.18. The van der Waals surface area contributed by atoms with Gasteiger partial charge >= 0.3 is 0 Å². The zero-order chi connectivity index (χ0) is 13.7. The molecule has 0 spiro atoms. The molecule has 0 aliphatic heterocycles. The fourth-order valence-corrected chi connectivity index (χ4v) is 2.19. The number of hydrogen-bond donors (Lipinski definition) is 2. The molecule has 2 amide bonds. The maximum atomic E-state index is 11.9. The molecule has 2 N–H and O–H groups in total. The van der Waals surface area contributed by atoms with Gasteiger partial charge in [0.25, 0.3) is 0 Å². The third-order valence-electron chi connectivity index (χ3n) is 3.03. The molecule has 2 rings (SSSR count). The Kier molecular flexibility index (Phi) is 4.34. The molecular weight excluding hydrogens is 240 g/mol. The molecular formula is C15H18N2O2. The second-order valence-electron chi connectivity index (χ2n) is 4.78. The highest BCUT2D eigenvalue weighted by atomic mass is 16.2. The third kappa shape index (κ3) is 4.25. The van der Waals surface area contributed by atoms with Crippen LogP contribution in [0.15, 0.2) is 36.4 Å². The van der Waals surface area contributed by atoms with E-state index in [0.29, 0.717) is 23.7 Å². The third-order valence-corrected chi connectivity index (χ3v) is 3.03. The number of carbonyl (C=O) groups is 2. The fourth-order valence-electron chi connectivity index (χ4n) is 2.19. The lowest BCUT2D eigenvalue weighted by atomic mass is 10.1. The van der Waals surface area contributed by atoms with Crippen LogP contribution >= 0.6 is 0 Å². The quantitative estimate of drug-likeness (QED) is 0.816. The van der Waals surface area contributed by atoms with Gasteiger partial charge < -0.3 is 10.6 Å². The van der Waals surface area contributed by atoms with Crippen LogP contribution in [-0.2, 0) is 9.59 Å². The number of anilines is 2. The molecule has 1 aliphatic carbocycles. The SMILES string of the molecule is CC(=O)Nc1cccc(NC(=O)C[C@H]2C=CCC2)c1. The summed E-state index contributed by atoms with van der Waals surface area (Å²) >= 11 is 0. The molecule has 0 bridgehead atoms. The summed E-state index contributed by atoms with van der Waals surface area (Å²) in [4.78, 5) is 22.8. The summed E-state index contributed by atoms with van der Waals surface area (Å²) in [7, 11) is 0. The first kappa shape index (κ1) is 13.3. The monoisotopic (exact) mass is 258 g/mol. The molecule has 0 aromatic heterocycles. The molecule has 0 saturated heterocycles. The van der Waals surface area contributed by atoms with Crippen molar-refractivity contribution in [2.24, 2.45) is 5.92 Å². The van der Waals surface area contributed by atoms with Gasteiger partial charge in [0.1, 0.15) is 0 Å². The summed E-state index contributed by atoms with van der Waals surface area (Å²) in [5.74, 6) is 0.245. The molecule has 0 radical (unpaired) electrons.